The Morgan fingerprint density at radius 2 is 1.85 bits per heavy atom. The van der Waals surface area contributed by atoms with Gasteiger partial charge in [0.05, 0.1) is 16.7 Å². The smallest absolute Gasteiger partial charge is 0.416 e. The van der Waals surface area contributed by atoms with Gasteiger partial charge in [0.2, 0.25) is 0 Å². The maximum absolute atomic E-state index is 13.1. The summed E-state index contributed by atoms with van der Waals surface area (Å²) < 4.78 is 40.5. The number of nitrogens with zero attached hydrogens (tertiary/aromatic N) is 2. The number of hydrogen-bond donors (Lipinski definition) is 5. The lowest BCUT2D eigenvalue weighted by Crippen LogP contribution is -2.28. The van der Waals surface area contributed by atoms with E-state index in [1.54, 1.807) is 25.1 Å². The number of hydrogen-bond acceptors (Lipinski definition) is 5. The number of aromatic hydroxyl groups is 1. The molecule has 0 saturated carbocycles. The summed E-state index contributed by atoms with van der Waals surface area (Å²) in [6.07, 6.45) is -3.01. The molecule has 7 nitrogen and oxygen atoms in total. The molecular weight excluding hydrogens is 433 g/mol. The number of aryl methyl sites for hydroxylation is 2. The van der Waals surface area contributed by atoms with Gasteiger partial charge < -0.3 is 22.1 Å². The average molecular weight is 454 g/mol. The Balaban J connectivity index is 1.94. The summed E-state index contributed by atoms with van der Waals surface area (Å²) in [5.41, 5.74) is 1.52. The highest BCUT2D eigenvalue weighted by Gasteiger charge is 2.31. The first-order chi connectivity index (χ1) is 15.5. The summed E-state index contributed by atoms with van der Waals surface area (Å²) in [5, 5.41) is 25.2. The predicted octanol–water partition coefficient (Wildman–Crippen LogP) is 3.15. The molecule has 0 atom stereocenters. The molecule has 0 unspecified atom stereocenters. The number of aromatic nitrogens is 1. The Labute approximate surface area is 187 Å². The molecule has 0 amide bonds. The largest absolute Gasteiger partial charge is 0.506 e. The normalized spacial score (nSPS) is 11.6. The highest BCUT2D eigenvalue weighted by Crippen LogP contribution is 2.32. The van der Waals surface area contributed by atoms with Crippen LogP contribution in [0.1, 0.15) is 33.4 Å². The van der Waals surface area contributed by atoms with E-state index in [1.165, 1.54) is 29.9 Å². The summed E-state index contributed by atoms with van der Waals surface area (Å²) in [4.78, 5) is 0. The molecule has 0 spiro atoms. The van der Waals surface area contributed by atoms with Crippen molar-refractivity contribution in [2.24, 2.45) is 10.9 Å². The van der Waals surface area contributed by atoms with E-state index >= 15 is 0 Å². The minimum Gasteiger partial charge on any atom is -0.506 e. The number of nitrogens with one attached hydrogen (secondary N) is 2. The van der Waals surface area contributed by atoms with Crippen LogP contribution in [0.25, 0.3) is 0 Å². The third-order valence-corrected chi connectivity index (χ3v) is 4.75. The van der Waals surface area contributed by atoms with Crippen molar-refractivity contribution < 1.29 is 18.3 Å². The zero-order valence-electron chi connectivity index (χ0n) is 17.7. The second-order valence-electron chi connectivity index (χ2n) is 7.30. The van der Waals surface area contributed by atoms with Crippen LogP contribution >= 0.6 is 0 Å². The van der Waals surface area contributed by atoms with Crippen LogP contribution in [0, 0.1) is 31.1 Å². The third kappa shape index (κ3) is 5.27. The lowest BCUT2D eigenvalue weighted by Gasteiger charge is -2.14. The second-order valence-corrected chi connectivity index (χ2v) is 7.30. The summed E-state index contributed by atoms with van der Waals surface area (Å²) in [5.74, 6) is 16.2. The number of phenols is 1. The topological polar surface area (TPSA) is 125 Å². The SMILES string of the molecule is Cc1cc(NC(=N)c2ccc(C)c(C#Cc3cc/c(=N/N)n(N)c3)c2O)cc(C(F)(F)F)c1. The molecule has 10 heteroatoms. The summed E-state index contributed by atoms with van der Waals surface area (Å²) in [6, 6.07) is 9.79. The number of alkyl halides is 3. The summed E-state index contributed by atoms with van der Waals surface area (Å²) >= 11 is 0. The number of nitrogens with two attached hydrogens (primary N) is 2. The molecule has 0 aliphatic carbocycles. The average Bonchev–Trinajstić information content (AvgIpc) is 2.72. The Morgan fingerprint density at radius 1 is 1.12 bits per heavy atom. The van der Waals surface area contributed by atoms with Gasteiger partial charge in [-0.2, -0.15) is 18.3 Å². The van der Waals surface area contributed by atoms with Gasteiger partial charge in [0.25, 0.3) is 0 Å². The second kappa shape index (κ2) is 9.00. The quantitative estimate of drug-likeness (QED) is 0.134. The fourth-order valence-electron chi connectivity index (χ4n) is 3.11. The number of amidine groups is 1. The number of rotatable bonds is 2. The first-order valence-electron chi connectivity index (χ1n) is 9.60. The molecule has 3 aromatic rings. The molecule has 33 heavy (non-hydrogen) atoms. The molecular formula is C23H21F3N6O. The van der Waals surface area contributed by atoms with Crippen molar-refractivity contribution in [1.82, 2.24) is 4.68 Å². The van der Waals surface area contributed by atoms with E-state index in [-0.39, 0.29) is 28.4 Å². The first kappa shape index (κ1) is 23.3. The molecule has 3 rings (SSSR count). The van der Waals surface area contributed by atoms with Crippen LogP contribution < -0.4 is 22.5 Å². The Hall–Kier alpha value is -4.39. The van der Waals surface area contributed by atoms with Crippen molar-refractivity contribution in [3.63, 3.8) is 0 Å². The van der Waals surface area contributed by atoms with Crippen molar-refractivity contribution in [2.75, 3.05) is 11.2 Å². The van der Waals surface area contributed by atoms with Crippen LogP contribution in [-0.2, 0) is 6.18 Å². The zero-order chi connectivity index (χ0) is 24.3. The van der Waals surface area contributed by atoms with E-state index in [1.807, 2.05) is 0 Å². The molecule has 170 valence electrons. The number of halogens is 3. The van der Waals surface area contributed by atoms with Gasteiger partial charge in [0.15, 0.2) is 5.49 Å². The standard InChI is InChI=1S/C23H21F3N6O/c1-13-9-16(23(24,25)26)11-17(10-13)30-22(27)19-6-3-14(2)18(21(19)33)7-4-15-5-8-20(31-28)32(29)12-15/h3,5-6,8-12,33H,28-29H2,1-2H3,(H2,27,30)/b31-20-. The van der Waals surface area contributed by atoms with Crippen LogP contribution in [0.15, 0.2) is 53.8 Å². The first-order valence-corrected chi connectivity index (χ1v) is 9.60. The Bertz CT molecular complexity index is 1360. The minimum absolute atomic E-state index is 0.0813. The van der Waals surface area contributed by atoms with Crippen molar-refractivity contribution in [3.8, 4) is 17.6 Å². The van der Waals surface area contributed by atoms with Gasteiger partial charge in [-0.1, -0.05) is 17.9 Å². The van der Waals surface area contributed by atoms with E-state index in [2.05, 4.69) is 22.3 Å². The summed E-state index contributed by atoms with van der Waals surface area (Å²) in [6.45, 7) is 3.26. The van der Waals surface area contributed by atoms with E-state index in [0.717, 1.165) is 12.1 Å². The highest BCUT2D eigenvalue weighted by atomic mass is 19.4. The van der Waals surface area contributed by atoms with Crippen LogP contribution in [0.2, 0.25) is 0 Å². The van der Waals surface area contributed by atoms with Gasteiger partial charge in [0, 0.05) is 17.4 Å². The predicted molar refractivity (Wildman–Crippen MR) is 120 cm³/mol. The number of phenolic OH excluding ortho intramolecular Hbond substituents is 1. The van der Waals surface area contributed by atoms with Crippen molar-refractivity contribution >= 4 is 11.5 Å². The molecule has 7 N–H and O–H groups in total. The molecule has 1 aromatic heterocycles. The molecule has 2 aromatic carbocycles. The lowest BCUT2D eigenvalue weighted by atomic mass is 10.0. The monoisotopic (exact) mass is 454 g/mol. The van der Waals surface area contributed by atoms with Gasteiger partial charge >= 0.3 is 6.18 Å². The van der Waals surface area contributed by atoms with Crippen molar-refractivity contribution in [3.05, 3.63) is 87.5 Å². The zero-order valence-corrected chi connectivity index (χ0v) is 17.7. The fourth-order valence-corrected chi connectivity index (χ4v) is 3.11. The van der Waals surface area contributed by atoms with Gasteiger partial charge in [0.1, 0.15) is 11.6 Å². The van der Waals surface area contributed by atoms with Crippen LogP contribution in [0.4, 0.5) is 18.9 Å². The van der Waals surface area contributed by atoms with Crippen LogP contribution in [-0.4, -0.2) is 15.6 Å². The van der Waals surface area contributed by atoms with Gasteiger partial charge in [-0.25, -0.2) is 4.68 Å². The Kier molecular flexibility index (Phi) is 6.35. The molecule has 0 radical (unpaired) electrons. The van der Waals surface area contributed by atoms with Crippen molar-refractivity contribution in [2.45, 2.75) is 20.0 Å². The van der Waals surface area contributed by atoms with Gasteiger partial charge in [-0.3, -0.25) is 5.41 Å². The van der Waals surface area contributed by atoms with Crippen molar-refractivity contribution in [1.29, 1.82) is 5.41 Å². The van der Waals surface area contributed by atoms with E-state index in [4.69, 9.17) is 17.1 Å². The molecule has 0 fully saturated rings. The van der Waals surface area contributed by atoms with Crippen LogP contribution in [0.3, 0.4) is 0 Å². The number of pyridine rings is 1. The third-order valence-electron chi connectivity index (χ3n) is 4.75. The fraction of sp³-hybridized carbons (Fsp3) is 0.130. The Morgan fingerprint density at radius 3 is 2.48 bits per heavy atom. The highest BCUT2D eigenvalue weighted by molar-refractivity contribution is 6.08. The molecule has 0 aliphatic heterocycles. The van der Waals surface area contributed by atoms with Gasteiger partial charge in [-0.05, 0) is 61.4 Å². The number of nitrogen functional groups attached to an aromatic ring is 1. The number of anilines is 1. The van der Waals surface area contributed by atoms with E-state index in [0.29, 0.717) is 22.2 Å². The minimum atomic E-state index is -4.52. The van der Waals surface area contributed by atoms with Crippen LogP contribution in [0.5, 0.6) is 5.75 Å². The lowest BCUT2D eigenvalue weighted by molar-refractivity contribution is -0.137. The van der Waals surface area contributed by atoms with E-state index < -0.39 is 11.7 Å². The molecule has 0 bridgehead atoms. The van der Waals surface area contributed by atoms with E-state index in [9.17, 15) is 18.3 Å². The molecule has 0 saturated heterocycles. The molecule has 1 heterocycles. The maximum atomic E-state index is 13.1. The maximum Gasteiger partial charge on any atom is 0.416 e. The molecule has 0 aliphatic rings. The number of benzene rings is 2. The van der Waals surface area contributed by atoms with Gasteiger partial charge in [-0.15, -0.1) is 0 Å². The summed E-state index contributed by atoms with van der Waals surface area (Å²) in [7, 11) is 0.